The number of hydrogen-bond donors (Lipinski definition) is 3. The lowest BCUT2D eigenvalue weighted by molar-refractivity contribution is 0.1000. The van der Waals surface area contributed by atoms with Crippen LogP contribution in [0.5, 0.6) is 0 Å². The van der Waals surface area contributed by atoms with E-state index in [1.807, 2.05) is 13.8 Å². The van der Waals surface area contributed by atoms with Gasteiger partial charge in [-0.3, -0.25) is 4.79 Å². The van der Waals surface area contributed by atoms with Crippen LogP contribution in [0, 0.1) is 11.7 Å². The van der Waals surface area contributed by atoms with Crippen LogP contribution < -0.4 is 16.4 Å². The van der Waals surface area contributed by atoms with Gasteiger partial charge in [-0.25, -0.2) is 9.18 Å². The molecule has 1 heterocycles. The molecular formula is C20H20FN3O3. The fraction of sp³-hybridized carbons (Fsp3) is 0.200. The number of urea groups is 1. The molecule has 1 unspecified atom stereocenters. The van der Waals surface area contributed by atoms with Crippen molar-refractivity contribution in [1.82, 2.24) is 5.32 Å². The molecule has 6 nitrogen and oxygen atoms in total. The second-order valence-corrected chi connectivity index (χ2v) is 6.60. The summed E-state index contributed by atoms with van der Waals surface area (Å²) in [5.41, 5.74) is 6.54. The molecular weight excluding hydrogens is 349 g/mol. The third kappa shape index (κ3) is 4.25. The Morgan fingerprint density at radius 1 is 1.11 bits per heavy atom. The van der Waals surface area contributed by atoms with E-state index >= 15 is 0 Å². The summed E-state index contributed by atoms with van der Waals surface area (Å²) in [7, 11) is 0. The van der Waals surface area contributed by atoms with Crippen LogP contribution in [0.1, 0.15) is 36.0 Å². The van der Waals surface area contributed by atoms with Crippen molar-refractivity contribution in [2.75, 3.05) is 5.32 Å². The highest BCUT2D eigenvalue weighted by Crippen LogP contribution is 2.29. The van der Waals surface area contributed by atoms with Gasteiger partial charge in [-0.15, -0.1) is 0 Å². The van der Waals surface area contributed by atoms with E-state index in [0.29, 0.717) is 28.0 Å². The standard InChI is InChI=1S/C20H20FN3O3/c1-11(2)18(17-10-13-8-14(21)6-7-16(13)27-17)24-20(26)23-15-5-3-4-12(9-15)19(22)25/h3-11,18H,1-2H3,(H2,22,25)(H2,23,24,26). The minimum atomic E-state index is -0.575. The van der Waals surface area contributed by atoms with Crippen LogP contribution in [0.4, 0.5) is 14.9 Å². The second kappa shape index (κ2) is 7.49. The van der Waals surface area contributed by atoms with Crippen molar-refractivity contribution in [2.24, 2.45) is 11.7 Å². The molecule has 2 aromatic carbocycles. The number of benzene rings is 2. The molecule has 0 aliphatic rings. The van der Waals surface area contributed by atoms with Gasteiger partial charge < -0.3 is 20.8 Å². The number of hydrogen-bond acceptors (Lipinski definition) is 3. The van der Waals surface area contributed by atoms with Crippen molar-refractivity contribution in [3.8, 4) is 0 Å². The average molecular weight is 369 g/mol. The molecule has 1 aromatic heterocycles. The molecule has 3 aromatic rings. The first-order chi connectivity index (χ1) is 12.8. The van der Waals surface area contributed by atoms with Crippen molar-refractivity contribution in [3.05, 3.63) is 65.7 Å². The molecule has 3 amide bonds. The first kappa shape index (κ1) is 18.4. The van der Waals surface area contributed by atoms with E-state index in [2.05, 4.69) is 10.6 Å². The summed E-state index contributed by atoms with van der Waals surface area (Å²) in [6.45, 7) is 3.87. The quantitative estimate of drug-likeness (QED) is 0.629. The predicted molar refractivity (Wildman–Crippen MR) is 101 cm³/mol. The van der Waals surface area contributed by atoms with E-state index in [0.717, 1.165) is 0 Å². The molecule has 0 radical (unpaired) electrons. The summed E-state index contributed by atoms with van der Waals surface area (Å²) in [4.78, 5) is 23.7. The van der Waals surface area contributed by atoms with Crippen LogP contribution in [-0.4, -0.2) is 11.9 Å². The summed E-state index contributed by atoms with van der Waals surface area (Å²) in [6, 6.07) is 11.5. The Bertz CT molecular complexity index is 997. The van der Waals surface area contributed by atoms with E-state index < -0.39 is 18.0 Å². The first-order valence-electron chi connectivity index (χ1n) is 8.50. The van der Waals surface area contributed by atoms with Crippen LogP contribution in [0.2, 0.25) is 0 Å². The van der Waals surface area contributed by atoms with Gasteiger partial charge in [-0.1, -0.05) is 19.9 Å². The monoisotopic (exact) mass is 369 g/mol. The molecule has 4 N–H and O–H groups in total. The van der Waals surface area contributed by atoms with Crippen molar-refractivity contribution in [3.63, 3.8) is 0 Å². The Kier molecular flexibility index (Phi) is 5.12. The molecule has 0 bridgehead atoms. The Morgan fingerprint density at radius 2 is 1.89 bits per heavy atom. The lowest BCUT2D eigenvalue weighted by atomic mass is 10.0. The summed E-state index contributed by atoms with van der Waals surface area (Å²) in [5, 5.41) is 6.16. The van der Waals surface area contributed by atoms with Crippen molar-refractivity contribution < 1.29 is 18.4 Å². The Balaban J connectivity index is 1.78. The molecule has 1 atom stereocenters. The van der Waals surface area contributed by atoms with E-state index in [1.54, 1.807) is 30.3 Å². The average Bonchev–Trinajstić information content (AvgIpc) is 3.02. The third-order valence-electron chi connectivity index (χ3n) is 4.16. The first-order valence-corrected chi connectivity index (χ1v) is 8.50. The van der Waals surface area contributed by atoms with E-state index in [-0.39, 0.29) is 11.7 Å². The van der Waals surface area contributed by atoms with Gasteiger partial charge in [-0.2, -0.15) is 0 Å². The Morgan fingerprint density at radius 3 is 2.59 bits per heavy atom. The minimum absolute atomic E-state index is 0.0260. The maximum atomic E-state index is 13.4. The molecule has 3 rings (SSSR count). The van der Waals surface area contributed by atoms with Gasteiger partial charge >= 0.3 is 6.03 Å². The van der Waals surface area contributed by atoms with E-state index in [1.165, 1.54) is 18.2 Å². The zero-order valence-electron chi connectivity index (χ0n) is 15.0. The molecule has 0 aliphatic heterocycles. The van der Waals surface area contributed by atoms with Crippen molar-refractivity contribution in [1.29, 1.82) is 0 Å². The SMILES string of the molecule is CC(C)C(NC(=O)Nc1cccc(C(N)=O)c1)c1cc2cc(F)ccc2o1. The van der Waals surface area contributed by atoms with Gasteiger partial charge in [0.2, 0.25) is 5.91 Å². The zero-order chi connectivity index (χ0) is 19.6. The number of fused-ring (bicyclic) bond motifs is 1. The normalized spacial score (nSPS) is 12.1. The highest BCUT2D eigenvalue weighted by molar-refractivity contribution is 5.96. The molecule has 0 fully saturated rings. The Hall–Kier alpha value is -3.35. The smallest absolute Gasteiger partial charge is 0.319 e. The van der Waals surface area contributed by atoms with Crippen LogP contribution in [0.15, 0.2) is 52.9 Å². The van der Waals surface area contributed by atoms with E-state index in [4.69, 9.17) is 10.2 Å². The van der Waals surface area contributed by atoms with Gasteiger partial charge in [0.1, 0.15) is 17.2 Å². The number of primary amides is 1. The fourth-order valence-electron chi connectivity index (χ4n) is 2.81. The third-order valence-corrected chi connectivity index (χ3v) is 4.16. The van der Waals surface area contributed by atoms with Gasteiger partial charge in [0, 0.05) is 16.6 Å². The lowest BCUT2D eigenvalue weighted by Gasteiger charge is -2.20. The van der Waals surface area contributed by atoms with Gasteiger partial charge in [-0.05, 0) is 48.4 Å². The maximum absolute atomic E-state index is 13.4. The van der Waals surface area contributed by atoms with Crippen molar-refractivity contribution >= 4 is 28.6 Å². The summed E-state index contributed by atoms with van der Waals surface area (Å²) < 4.78 is 19.2. The van der Waals surface area contributed by atoms with Crippen molar-refractivity contribution in [2.45, 2.75) is 19.9 Å². The van der Waals surface area contributed by atoms with E-state index in [9.17, 15) is 14.0 Å². The number of rotatable bonds is 5. The number of amides is 3. The highest BCUT2D eigenvalue weighted by Gasteiger charge is 2.22. The summed E-state index contributed by atoms with van der Waals surface area (Å²) >= 11 is 0. The number of halogens is 1. The number of nitrogens with two attached hydrogens (primary N) is 1. The van der Waals surface area contributed by atoms with Crippen LogP contribution in [0.3, 0.4) is 0 Å². The van der Waals surface area contributed by atoms with Gasteiger partial charge in [0.15, 0.2) is 0 Å². The van der Waals surface area contributed by atoms with Crippen LogP contribution in [-0.2, 0) is 0 Å². The van der Waals surface area contributed by atoms with Crippen LogP contribution in [0.25, 0.3) is 11.0 Å². The molecule has 0 spiro atoms. The van der Waals surface area contributed by atoms with Crippen LogP contribution >= 0.6 is 0 Å². The molecule has 27 heavy (non-hydrogen) atoms. The number of nitrogens with one attached hydrogen (secondary N) is 2. The van der Waals surface area contributed by atoms with Gasteiger partial charge in [0.05, 0.1) is 6.04 Å². The number of anilines is 1. The Labute approximate surface area is 155 Å². The summed E-state index contributed by atoms with van der Waals surface area (Å²) in [6.07, 6.45) is 0. The second-order valence-electron chi connectivity index (χ2n) is 6.60. The van der Waals surface area contributed by atoms with Gasteiger partial charge in [0.25, 0.3) is 0 Å². The predicted octanol–water partition coefficient (Wildman–Crippen LogP) is 4.19. The largest absolute Gasteiger partial charge is 0.459 e. The maximum Gasteiger partial charge on any atom is 0.319 e. The summed E-state index contributed by atoms with van der Waals surface area (Å²) in [5.74, 6) is -0.366. The highest BCUT2D eigenvalue weighted by atomic mass is 19.1. The number of carbonyl (C=O) groups is 2. The molecule has 7 heteroatoms. The topological polar surface area (TPSA) is 97.4 Å². The number of carbonyl (C=O) groups excluding carboxylic acids is 2. The lowest BCUT2D eigenvalue weighted by Crippen LogP contribution is -2.35. The molecule has 0 saturated carbocycles. The number of furan rings is 1. The molecule has 0 aliphatic carbocycles. The fourth-order valence-corrected chi connectivity index (χ4v) is 2.81. The molecule has 140 valence electrons. The minimum Gasteiger partial charge on any atom is -0.459 e. The zero-order valence-corrected chi connectivity index (χ0v) is 15.0. The molecule has 0 saturated heterocycles.